The second-order valence-corrected chi connectivity index (χ2v) is 4.56. The number of hydrogen-bond donors (Lipinski definition) is 4. The Morgan fingerprint density at radius 1 is 1.37 bits per heavy atom. The maximum absolute atomic E-state index is 10.4. The first-order chi connectivity index (χ1) is 8.19. The second-order valence-electron chi connectivity index (χ2n) is 3.58. The maximum atomic E-state index is 10.4. The summed E-state index contributed by atoms with van der Waals surface area (Å²) in [5.74, 6) is -1.07. The molecule has 0 saturated carbocycles. The molecule has 0 heterocycles. The van der Waals surface area contributed by atoms with Gasteiger partial charge in [0, 0.05) is 0 Å². The fourth-order valence-corrected chi connectivity index (χ4v) is 1.59. The van der Waals surface area contributed by atoms with E-state index in [1.165, 1.54) is 6.07 Å². The Morgan fingerprint density at radius 2 is 1.95 bits per heavy atom. The van der Waals surface area contributed by atoms with Crippen LogP contribution in [0.5, 0.6) is 11.5 Å². The molecular weight excluding hydrogens is 289 g/mol. The van der Waals surface area contributed by atoms with Gasteiger partial charge in [0.2, 0.25) is 0 Å². The molecule has 1 rings (SSSR count). The third-order valence-corrected chi connectivity index (χ3v) is 2.45. The van der Waals surface area contributed by atoms with Crippen molar-refractivity contribution in [3.05, 3.63) is 23.8 Å². The van der Waals surface area contributed by atoms with Gasteiger partial charge >= 0.3 is 29.6 Å². The van der Waals surface area contributed by atoms with Crippen LogP contribution in [0.15, 0.2) is 18.2 Å². The molecule has 0 bridgehead atoms. The summed E-state index contributed by atoms with van der Waals surface area (Å²) in [7, 11) is -5.00. The van der Waals surface area contributed by atoms with Crippen LogP contribution >= 0.6 is 0 Å². The van der Waals surface area contributed by atoms with Crippen LogP contribution in [0, 0.1) is 0 Å². The standard InChI is InChI=1S/C9H13NO7S.Na/c10-6(9(12)13)3-5-1-2-7(11)8(4-5)17-18(14,15)16;/h1-2,4,6,9,11-13H,3,10H2,(H,14,15,16);/q;+1/p-1/t6-;/m0./s1. The van der Waals surface area contributed by atoms with Crippen molar-refractivity contribution >= 4 is 10.4 Å². The molecular formula is C9H12NNaO7S. The molecule has 8 nitrogen and oxygen atoms in total. The predicted octanol–water partition coefficient (Wildman–Crippen LogP) is -4.58. The van der Waals surface area contributed by atoms with Gasteiger partial charge in [-0.25, -0.2) is 8.42 Å². The minimum absolute atomic E-state index is 0. The van der Waals surface area contributed by atoms with E-state index in [1.54, 1.807) is 0 Å². The Hall–Kier alpha value is -0.390. The van der Waals surface area contributed by atoms with Crippen LogP contribution in [0.25, 0.3) is 0 Å². The Morgan fingerprint density at radius 3 is 2.42 bits per heavy atom. The first-order valence-electron chi connectivity index (χ1n) is 4.78. The monoisotopic (exact) mass is 301 g/mol. The Labute approximate surface area is 132 Å². The van der Waals surface area contributed by atoms with Gasteiger partial charge in [-0.3, -0.25) is 0 Å². The van der Waals surface area contributed by atoms with Crippen molar-refractivity contribution in [2.75, 3.05) is 0 Å². The van der Waals surface area contributed by atoms with Gasteiger partial charge in [0.1, 0.15) is 0 Å². The van der Waals surface area contributed by atoms with Gasteiger partial charge in [0.15, 0.2) is 17.8 Å². The fraction of sp³-hybridized carbons (Fsp3) is 0.333. The molecule has 5 N–H and O–H groups in total. The second kappa shape index (κ2) is 7.41. The van der Waals surface area contributed by atoms with E-state index in [4.69, 9.17) is 15.9 Å². The van der Waals surface area contributed by atoms with Crippen molar-refractivity contribution in [2.24, 2.45) is 5.73 Å². The summed E-state index contributed by atoms with van der Waals surface area (Å²) in [6, 6.07) is 2.56. The molecule has 0 saturated heterocycles. The van der Waals surface area contributed by atoms with Gasteiger partial charge in [-0.05, 0) is 24.1 Å². The van der Waals surface area contributed by atoms with E-state index in [2.05, 4.69) is 4.18 Å². The van der Waals surface area contributed by atoms with E-state index < -0.39 is 34.2 Å². The Balaban J connectivity index is 0.00000324. The van der Waals surface area contributed by atoms with Crippen LogP contribution in [-0.4, -0.2) is 40.6 Å². The van der Waals surface area contributed by atoms with E-state index in [0.717, 1.165) is 12.1 Å². The summed E-state index contributed by atoms with van der Waals surface area (Å²) in [6.07, 6.45) is -1.75. The molecule has 0 radical (unpaired) electrons. The third kappa shape index (κ3) is 6.54. The van der Waals surface area contributed by atoms with Crippen LogP contribution in [0.1, 0.15) is 5.56 Å². The van der Waals surface area contributed by atoms with Gasteiger partial charge < -0.3 is 29.8 Å². The van der Waals surface area contributed by atoms with Crippen molar-refractivity contribution in [1.29, 1.82) is 0 Å². The average Bonchev–Trinajstić information content (AvgIpc) is 2.20. The van der Waals surface area contributed by atoms with Crippen molar-refractivity contribution in [2.45, 2.75) is 18.8 Å². The van der Waals surface area contributed by atoms with Crippen LogP contribution < -0.4 is 39.5 Å². The summed E-state index contributed by atoms with van der Waals surface area (Å²) in [5.41, 5.74) is 5.75. The van der Waals surface area contributed by atoms with Crippen molar-refractivity contribution in [3.8, 4) is 11.5 Å². The van der Waals surface area contributed by atoms with Crippen molar-refractivity contribution in [3.63, 3.8) is 0 Å². The molecule has 0 unspecified atom stereocenters. The van der Waals surface area contributed by atoms with E-state index in [1.807, 2.05) is 0 Å². The van der Waals surface area contributed by atoms with Crippen LogP contribution in [0.3, 0.4) is 0 Å². The molecule has 102 valence electrons. The topological polar surface area (TPSA) is 153 Å². The summed E-state index contributed by atoms with van der Waals surface area (Å²) < 4.78 is 35.2. The number of hydrogen-bond acceptors (Lipinski definition) is 8. The van der Waals surface area contributed by atoms with E-state index in [9.17, 15) is 18.1 Å². The van der Waals surface area contributed by atoms with Crippen molar-refractivity contribution < 1.29 is 62.0 Å². The number of rotatable bonds is 5. The van der Waals surface area contributed by atoms with Gasteiger partial charge in [-0.1, -0.05) is 6.07 Å². The van der Waals surface area contributed by atoms with E-state index in [-0.39, 0.29) is 36.0 Å². The third-order valence-electron chi connectivity index (χ3n) is 2.07. The molecule has 0 aliphatic carbocycles. The Bertz CT molecular complexity index is 519. The fourth-order valence-electron chi connectivity index (χ4n) is 1.24. The molecule has 0 spiro atoms. The number of phenols is 1. The first kappa shape index (κ1) is 18.6. The molecule has 0 aliphatic heterocycles. The van der Waals surface area contributed by atoms with E-state index >= 15 is 0 Å². The van der Waals surface area contributed by atoms with E-state index in [0.29, 0.717) is 5.56 Å². The average molecular weight is 301 g/mol. The number of aliphatic hydroxyl groups excluding tert-OH is 1. The maximum Gasteiger partial charge on any atom is 1.00 e. The van der Waals surface area contributed by atoms with Gasteiger partial charge in [-0.2, -0.15) is 0 Å². The predicted molar refractivity (Wildman–Crippen MR) is 58.3 cm³/mol. The minimum atomic E-state index is -5.00. The normalized spacial score (nSPS) is 12.9. The zero-order chi connectivity index (χ0) is 13.9. The largest absolute Gasteiger partial charge is 1.00 e. The number of phenolic OH excluding ortho intramolecular Hbond substituents is 1. The molecule has 1 aromatic carbocycles. The number of benzene rings is 1. The summed E-state index contributed by atoms with van der Waals surface area (Å²) in [6.45, 7) is 0. The molecule has 19 heavy (non-hydrogen) atoms. The van der Waals surface area contributed by atoms with Crippen LogP contribution in [-0.2, 0) is 16.8 Å². The molecule has 1 aromatic rings. The minimum Gasteiger partial charge on any atom is -0.716 e. The van der Waals surface area contributed by atoms with Gasteiger partial charge in [0.05, 0.1) is 6.04 Å². The molecule has 0 aromatic heterocycles. The summed E-state index contributed by atoms with van der Waals surface area (Å²) in [5, 5.41) is 26.9. The van der Waals surface area contributed by atoms with Crippen LogP contribution in [0.2, 0.25) is 0 Å². The number of aliphatic hydroxyl groups is 2. The molecule has 10 heteroatoms. The quantitative estimate of drug-likeness (QED) is 0.183. The number of nitrogens with two attached hydrogens (primary N) is 1. The SMILES string of the molecule is N[C@@H](Cc1ccc(O)c(OS(=O)(=O)[O-])c1)C(O)O.[Na+]. The molecule has 0 aliphatic rings. The smallest absolute Gasteiger partial charge is 0.716 e. The molecule has 0 amide bonds. The Kier molecular flexibility index (Phi) is 7.26. The van der Waals surface area contributed by atoms with Gasteiger partial charge in [-0.15, -0.1) is 0 Å². The summed E-state index contributed by atoms with van der Waals surface area (Å²) in [4.78, 5) is 0. The summed E-state index contributed by atoms with van der Waals surface area (Å²) >= 11 is 0. The zero-order valence-electron chi connectivity index (χ0n) is 10.1. The molecule has 1 atom stereocenters. The number of aromatic hydroxyl groups is 1. The molecule has 0 fully saturated rings. The van der Waals surface area contributed by atoms with Crippen molar-refractivity contribution in [1.82, 2.24) is 0 Å². The first-order valence-corrected chi connectivity index (χ1v) is 6.11. The van der Waals surface area contributed by atoms with Gasteiger partial charge in [0.25, 0.3) is 10.4 Å². The zero-order valence-corrected chi connectivity index (χ0v) is 12.9. The van der Waals surface area contributed by atoms with Crippen LogP contribution in [0.4, 0.5) is 0 Å².